The van der Waals surface area contributed by atoms with Crippen LogP contribution in [0.3, 0.4) is 0 Å². The Morgan fingerprint density at radius 1 is 1.00 bits per heavy atom. The van der Waals surface area contributed by atoms with Crippen LogP contribution in [0.2, 0.25) is 0 Å². The van der Waals surface area contributed by atoms with Crippen LogP contribution in [0, 0.1) is 20.8 Å². The van der Waals surface area contributed by atoms with Crippen LogP contribution in [0.15, 0.2) is 12.1 Å². The second-order valence-electron chi connectivity index (χ2n) is 2.72. The van der Waals surface area contributed by atoms with Crippen LogP contribution in [0.25, 0.3) is 0 Å². The number of aryl methyl sites for hydroxylation is 1. The van der Waals surface area contributed by atoms with E-state index < -0.39 is 0 Å². The number of benzene rings is 1. The summed E-state index contributed by atoms with van der Waals surface area (Å²) in [4.78, 5) is 0. The fourth-order valence-corrected chi connectivity index (χ4v) is 2.19. The molecule has 1 aromatic rings. The Labute approximate surface area is 78.3 Å². The van der Waals surface area contributed by atoms with E-state index in [1.165, 1.54) is 16.7 Å². The first-order valence-corrected chi connectivity index (χ1v) is 5.69. The van der Waals surface area contributed by atoms with Crippen LogP contribution in [0.4, 0.5) is 0 Å². The van der Waals surface area contributed by atoms with Gasteiger partial charge in [0.2, 0.25) is 0 Å². The van der Waals surface area contributed by atoms with Crippen molar-refractivity contribution in [3.8, 4) is 0 Å². The minimum absolute atomic E-state index is 0.976. The first-order valence-electron chi connectivity index (χ1n) is 3.45. The fraction of sp³-hybridized carbons (Fsp3) is 0.333. The molecule has 0 saturated carbocycles. The Balaban J connectivity index is 3.34. The van der Waals surface area contributed by atoms with Gasteiger partial charge < -0.3 is 0 Å². The van der Waals surface area contributed by atoms with Gasteiger partial charge in [-0.05, 0) is 0 Å². The molecule has 0 unspecified atom stereocenters. The Bertz CT molecular complexity index is 224. The molecule has 0 atom stereocenters. The molecule has 0 nitrogen and oxygen atoms in total. The summed E-state index contributed by atoms with van der Waals surface area (Å²) >= 11 is 0.976. The topological polar surface area (TPSA) is 0 Å². The van der Waals surface area contributed by atoms with Crippen LogP contribution in [0.1, 0.15) is 16.7 Å². The van der Waals surface area contributed by atoms with E-state index in [2.05, 4.69) is 32.9 Å². The van der Waals surface area contributed by atoms with E-state index in [0.29, 0.717) is 0 Å². The molecule has 0 fully saturated rings. The third kappa shape index (κ3) is 1.41. The molecule has 0 heterocycles. The molecule has 0 bridgehead atoms. The van der Waals surface area contributed by atoms with Crippen LogP contribution in [0.5, 0.6) is 0 Å². The summed E-state index contributed by atoms with van der Waals surface area (Å²) in [7, 11) is 0. The van der Waals surface area contributed by atoms with Gasteiger partial charge in [-0.3, -0.25) is 0 Å². The molecule has 1 heteroatoms. The van der Waals surface area contributed by atoms with Gasteiger partial charge in [0.15, 0.2) is 0 Å². The van der Waals surface area contributed by atoms with Crippen molar-refractivity contribution >= 4 is 28.9 Å². The Hall–Kier alpha value is 0.142. The van der Waals surface area contributed by atoms with Crippen LogP contribution < -0.4 is 3.12 Å². The second-order valence-corrected chi connectivity index (χ2v) is 5.14. The van der Waals surface area contributed by atoms with Crippen LogP contribution in [-0.2, 0) is 0 Å². The molecule has 1 aromatic carbocycles. The van der Waals surface area contributed by atoms with Crippen molar-refractivity contribution in [2.45, 2.75) is 20.8 Å². The second kappa shape index (κ2) is 3.03. The maximum atomic E-state index is 2.25. The quantitative estimate of drug-likeness (QED) is 0.633. The third-order valence-corrected chi connectivity index (χ3v) is 4.53. The zero-order valence-electron chi connectivity index (χ0n) is 6.73. The maximum absolute atomic E-state index is 2.25. The van der Waals surface area contributed by atoms with Crippen molar-refractivity contribution < 1.29 is 0 Å². The summed E-state index contributed by atoms with van der Waals surface area (Å²) in [5.41, 5.74) is 4.40. The molecule has 0 amide bonds. The molecule has 0 saturated heterocycles. The molecule has 0 radical (unpaired) electrons. The molecule has 0 aromatic heterocycles. The molecule has 0 aliphatic heterocycles. The van der Waals surface area contributed by atoms with Crippen molar-refractivity contribution in [1.29, 1.82) is 0 Å². The van der Waals surface area contributed by atoms with Crippen molar-refractivity contribution in [3.05, 3.63) is 28.8 Å². The van der Waals surface area contributed by atoms with E-state index in [4.69, 9.17) is 0 Å². The predicted molar refractivity (Wildman–Crippen MR) is 46.0 cm³/mol. The van der Waals surface area contributed by atoms with Crippen molar-refractivity contribution in [2.24, 2.45) is 0 Å². The van der Waals surface area contributed by atoms with Gasteiger partial charge in [0, 0.05) is 0 Å². The van der Waals surface area contributed by atoms with Crippen LogP contribution in [-0.4, -0.2) is 25.8 Å². The molecular weight excluding hydrogens is 312 g/mol. The number of hydrogen-bond donors (Lipinski definition) is 0. The van der Waals surface area contributed by atoms with Crippen LogP contribution >= 0.6 is 0 Å². The number of hydrogen-bond acceptors (Lipinski definition) is 0. The minimum atomic E-state index is 0.976. The summed E-state index contributed by atoms with van der Waals surface area (Å²) < 4.78 is 1.56. The summed E-state index contributed by atoms with van der Waals surface area (Å²) in [5, 5.41) is 0. The van der Waals surface area contributed by atoms with E-state index in [0.717, 1.165) is 25.8 Å². The first-order chi connectivity index (χ1) is 4.63. The molecule has 0 spiro atoms. The van der Waals surface area contributed by atoms with Crippen molar-refractivity contribution in [3.63, 3.8) is 0 Å². The van der Waals surface area contributed by atoms with Crippen molar-refractivity contribution in [2.75, 3.05) is 0 Å². The van der Waals surface area contributed by atoms with E-state index in [1.54, 1.807) is 3.12 Å². The van der Waals surface area contributed by atoms with Gasteiger partial charge in [-0.1, -0.05) is 0 Å². The summed E-state index contributed by atoms with van der Waals surface area (Å²) in [6.07, 6.45) is 0. The standard InChI is InChI=1S/C9H11.Tl/c1-7-5-4-6-8(2)9(7)3;/h4-5H,1-3H3;. The first kappa shape index (κ1) is 8.24. The molecular formula is C9H11Tl. The van der Waals surface area contributed by atoms with E-state index in [1.807, 2.05) is 0 Å². The summed E-state index contributed by atoms with van der Waals surface area (Å²) in [6.45, 7) is 6.60. The average Bonchev–Trinajstić information content (AvgIpc) is 1.93. The van der Waals surface area contributed by atoms with Gasteiger partial charge in [0.25, 0.3) is 0 Å². The summed E-state index contributed by atoms with van der Waals surface area (Å²) in [5.74, 6) is 0. The third-order valence-electron chi connectivity index (χ3n) is 2.10. The summed E-state index contributed by atoms with van der Waals surface area (Å²) in [6, 6.07) is 4.47. The number of rotatable bonds is 0. The van der Waals surface area contributed by atoms with Crippen molar-refractivity contribution in [1.82, 2.24) is 0 Å². The van der Waals surface area contributed by atoms with E-state index in [-0.39, 0.29) is 0 Å². The van der Waals surface area contributed by atoms with Gasteiger partial charge in [-0.25, -0.2) is 0 Å². The SMILES string of the molecule is Cc1cc[c]([Tl])c(C)c1C. The molecule has 0 aliphatic carbocycles. The van der Waals surface area contributed by atoms with Gasteiger partial charge in [-0.15, -0.1) is 0 Å². The van der Waals surface area contributed by atoms with Gasteiger partial charge >= 0.3 is 78.5 Å². The molecule has 10 heavy (non-hydrogen) atoms. The normalized spacial score (nSPS) is 9.80. The van der Waals surface area contributed by atoms with Gasteiger partial charge in [0.1, 0.15) is 0 Å². The Morgan fingerprint density at radius 2 is 1.60 bits per heavy atom. The molecule has 0 N–H and O–H groups in total. The molecule has 50 valence electrons. The zero-order chi connectivity index (χ0) is 7.72. The monoisotopic (exact) mass is 324 g/mol. The zero-order valence-corrected chi connectivity index (χ0v) is 11.2. The van der Waals surface area contributed by atoms with Gasteiger partial charge in [0.05, 0.1) is 0 Å². The van der Waals surface area contributed by atoms with Gasteiger partial charge in [-0.2, -0.15) is 0 Å². The van der Waals surface area contributed by atoms with E-state index >= 15 is 0 Å². The predicted octanol–water partition coefficient (Wildman–Crippen LogP) is 1.41. The van der Waals surface area contributed by atoms with E-state index in [9.17, 15) is 0 Å². The molecule has 0 aliphatic rings. The molecule has 1 rings (SSSR count). The Morgan fingerprint density at radius 3 is 2.10 bits per heavy atom. The average molecular weight is 324 g/mol. The Kier molecular flexibility index (Phi) is 2.50. The fourth-order valence-electron chi connectivity index (χ4n) is 0.977.